The van der Waals surface area contributed by atoms with Gasteiger partial charge in [0.2, 0.25) is 5.82 Å². The zero-order valence-corrected chi connectivity index (χ0v) is 16.1. The zero-order valence-electron chi connectivity index (χ0n) is 16.1. The van der Waals surface area contributed by atoms with Crippen LogP contribution in [0.5, 0.6) is 5.88 Å². The van der Waals surface area contributed by atoms with Crippen molar-refractivity contribution in [3.63, 3.8) is 0 Å². The lowest BCUT2D eigenvalue weighted by atomic mass is 10.2. The minimum atomic E-state index is -1.02. The molecule has 0 radical (unpaired) electrons. The van der Waals surface area contributed by atoms with Gasteiger partial charge in [0, 0.05) is 35.8 Å². The number of aromatic amines is 1. The van der Waals surface area contributed by atoms with E-state index in [1.807, 2.05) is 24.3 Å². The molecule has 158 valence electrons. The zero-order chi connectivity index (χ0) is 20.9. The summed E-state index contributed by atoms with van der Waals surface area (Å²) in [6, 6.07) is 7.63. The molecule has 1 aliphatic heterocycles. The highest BCUT2D eigenvalue weighted by Crippen LogP contribution is 2.33. The van der Waals surface area contributed by atoms with Gasteiger partial charge < -0.3 is 24.5 Å². The fraction of sp³-hybridized carbons (Fsp3) is 0.300. The molecule has 30 heavy (non-hydrogen) atoms. The van der Waals surface area contributed by atoms with E-state index in [0.29, 0.717) is 26.3 Å². The third-order valence-corrected chi connectivity index (χ3v) is 4.67. The van der Waals surface area contributed by atoms with Gasteiger partial charge in [0.05, 0.1) is 26.0 Å². The van der Waals surface area contributed by atoms with E-state index in [9.17, 15) is 4.39 Å². The molecule has 0 amide bonds. The number of nitrogens with zero attached hydrogens (tertiary/aromatic N) is 3. The number of aliphatic hydroxyl groups is 1. The number of fused-ring (bicyclic) bond motifs is 1. The standard InChI is InChI=1S/C20H21F2N5O3/c21-16-18(26-24-12-13-11-23-15-4-2-1-3-14(13)15)17(22)20(30-10-7-28)25-19(16)27-5-8-29-9-6-27/h1-4,11-12,23,28H,5-10H2,(H,25,26)/b24-12-. The molecule has 3 heterocycles. The lowest BCUT2D eigenvalue weighted by molar-refractivity contribution is 0.122. The molecule has 1 aliphatic rings. The maximum absolute atomic E-state index is 15.1. The molecule has 0 bridgehead atoms. The molecule has 1 saturated heterocycles. The van der Waals surface area contributed by atoms with Crippen LogP contribution in [-0.2, 0) is 4.74 Å². The smallest absolute Gasteiger partial charge is 0.254 e. The highest BCUT2D eigenvalue weighted by Gasteiger charge is 2.26. The lowest BCUT2D eigenvalue weighted by Crippen LogP contribution is -2.37. The Morgan fingerprint density at radius 3 is 2.87 bits per heavy atom. The summed E-state index contributed by atoms with van der Waals surface area (Å²) in [6.45, 7) is 1.14. The van der Waals surface area contributed by atoms with Crippen molar-refractivity contribution < 1.29 is 23.4 Å². The van der Waals surface area contributed by atoms with E-state index in [2.05, 4.69) is 20.5 Å². The molecule has 0 saturated carbocycles. The SMILES string of the molecule is OCCOc1nc(N2CCOCC2)c(F)c(N/N=C\c2c[nH]c3ccccc23)c1F. The van der Waals surface area contributed by atoms with E-state index in [1.54, 1.807) is 11.1 Å². The van der Waals surface area contributed by atoms with Gasteiger partial charge in [0.1, 0.15) is 12.3 Å². The average Bonchev–Trinajstić information content (AvgIpc) is 3.19. The normalized spacial score (nSPS) is 14.6. The van der Waals surface area contributed by atoms with Crippen molar-refractivity contribution >= 4 is 28.6 Å². The maximum Gasteiger partial charge on any atom is 0.254 e. The molecule has 1 fully saturated rings. The molecule has 2 aromatic heterocycles. The molecule has 0 unspecified atom stereocenters. The first kappa shape index (κ1) is 20.0. The van der Waals surface area contributed by atoms with Gasteiger partial charge in [-0.15, -0.1) is 0 Å². The predicted molar refractivity (Wildman–Crippen MR) is 109 cm³/mol. The molecule has 1 aromatic carbocycles. The number of hydrazone groups is 1. The summed E-state index contributed by atoms with van der Waals surface area (Å²) in [7, 11) is 0. The van der Waals surface area contributed by atoms with Gasteiger partial charge in [0.25, 0.3) is 5.88 Å². The summed E-state index contributed by atoms with van der Waals surface area (Å²) in [6.07, 6.45) is 3.23. The van der Waals surface area contributed by atoms with Gasteiger partial charge >= 0.3 is 0 Å². The Morgan fingerprint density at radius 2 is 2.07 bits per heavy atom. The number of halogens is 2. The number of H-pyrrole nitrogens is 1. The second-order valence-corrected chi connectivity index (χ2v) is 6.57. The molecule has 10 heteroatoms. The summed E-state index contributed by atoms with van der Waals surface area (Å²) < 4.78 is 40.4. The number of morpholine rings is 1. The summed E-state index contributed by atoms with van der Waals surface area (Å²) in [5, 5.41) is 13.9. The molecule has 3 aromatic rings. The number of ether oxygens (including phenoxy) is 2. The lowest BCUT2D eigenvalue weighted by Gasteiger charge is -2.28. The van der Waals surface area contributed by atoms with Gasteiger partial charge in [-0.2, -0.15) is 14.5 Å². The van der Waals surface area contributed by atoms with Crippen LogP contribution in [0.2, 0.25) is 0 Å². The van der Waals surface area contributed by atoms with Crippen molar-refractivity contribution in [3.05, 3.63) is 47.7 Å². The van der Waals surface area contributed by atoms with Crippen LogP contribution in [0.4, 0.5) is 20.3 Å². The van der Waals surface area contributed by atoms with Gasteiger partial charge in [0.15, 0.2) is 11.6 Å². The minimum absolute atomic E-state index is 0.0579. The Hall–Kier alpha value is -3.24. The number of benzene rings is 1. The molecule has 4 rings (SSSR count). The Labute approximate surface area is 171 Å². The number of hydrogen-bond acceptors (Lipinski definition) is 7. The third kappa shape index (κ3) is 4.05. The Balaban J connectivity index is 1.64. The van der Waals surface area contributed by atoms with Gasteiger partial charge in [-0.3, -0.25) is 5.43 Å². The topological polar surface area (TPSA) is 95.0 Å². The largest absolute Gasteiger partial charge is 0.473 e. The van der Waals surface area contributed by atoms with Crippen molar-refractivity contribution in [2.75, 3.05) is 49.8 Å². The molecule has 8 nitrogen and oxygen atoms in total. The number of rotatable bonds is 7. The molecule has 0 spiro atoms. The average molecular weight is 417 g/mol. The molecular formula is C20H21F2N5O3. The second-order valence-electron chi connectivity index (χ2n) is 6.57. The summed E-state index contributed by atoms with van der Waals surface area (Å²) in [5.41, 5.74) is 3.66. The summed E-state index contributed by atoms with van der Waals surface area (Å²) in [4.78, 5) is 8.74. The van der Waals surface area contributed by atoms with Crippen LogP contribution < -0.4 is 15.1 Å². The van der Waals surface area contributed by atoms with E-state index < -0.39 is 23.2 Å². The number of aromatic nitrogens is 2. The van der Waals surface area contributed by atoms with Gasteiger partial charge in [-0.05, 0) is 6.07 Å². The fourth-order valence-corrected chi connectivity index (χ4v) is 3.20. The minimum Gasteiger partial charge on any atom is -0.473 e. The van der Waals surface area contributed by atoms with Crippen molar-refractivity contribution in [2.24, 2.45) is 5.10 Å². The predicted octanol–water partition coefficient (Wildman–Crippen LogP) is 2.49. The Morgan fingerprint density at radius 1 is 1.27 bits per heavy atom. The van der Waals surface area contributed by atoms with Crippen LogP contribution in [0.25, 0.3) is 10.9 Å². The highest BCUT2D eigenvalue weighted by molar-refractivity contribution is 5.99. The van der Waals surface area contributed by atoms with E-state index in [0.717, 1.165) is 16.5 Å². The Bertz CT molecular complexity index is 1050. The Kier molecular flexibility index (Phi) is 6.05. The van der Waals surface area contributed by atoms with E-state index in [4.69, 9.17) is 14.6 Å². The van der Waals surface area contributed by atoms with Crippen LogP contribution in [-0.4, -0.2) is 60.8 Å². The van der Waals surface area contributed by atoms with Crippen LogP contribution in [0.3, 0.4) is 0 Å². The van der Waals surface area contributed by atoms with Crippen LogP contribution in [0.15, 0.2) is 35.6 Å². The summed E-state index contributed by atoms with van der Waals surface area (Å²) >= 11 is 0. The number of para-hydroxylation sites is 1. The monoisotopic (exact) mass is 417 g/mol. The maximum atomic E-state index is 15.1. The van der Waals surface area contributed by atoms with Crippen LogP contribution >= 0.6 is 0 Å². The molecule has 0 aliphatic carbocycles. The molecule has 0 atom stereocenters. The second kappa shape index (κ2) is 9.06. The number of nitrogens with one attached hydrogen (secondary N) is 2. The van der Waals surface area contributed by atoms with Gasteiger partial charge in [-0.1, -0.05) is 18.2 Å². The number of hydrogen-bond donors (Lipinski definition) is 3. The van der Waals surface area contributed by atoms with Crippen LogP contribution in [0.1, 0.15) is 5.56 Å². The number of anilines is 2. The van der Waals surface area contributed by atoms with Crippen LogP contribution in [0, 0.1) is 11.6 Å². The first-order valence-electron chi connectivity index (χ1n) is 9.49. The first-order valence-corrected chi connectivity index (χ1v) is 9.49. The van der Waals surface area contributed by atoms with E-state index >= 15 is 4.39 Å². The summed E-state index contributed by atoms with van der Waals surface area (Å²) in [5.74, 6) is -2.36. The molecule has 3 N–H and O–H groups in total. The quantitative estimate of drug-likeness (QED) is 0.404. The molecular weight excluding hydrogens is 396 g/mol. The number of pyridine rings is 1. The number of aliphatic hydroxyl groups excluding tert-OH is 1. The van der Waals surface area contributed by atoms with Crippen molar-refractivity contribution in [3.8, 4) is 5.88 Å². The highest BCUT2D eigenvalue weighted by atomic mass is 19.1. The van der Waals surface area contributed by atoms with Crippen molar-refractivity contribution in [2.45, 2.75) is 0 Å². The van der Waals surface area contributed by atoms with E-state index in [-0.39, 0.29) is 19.0 Å². The van der Waals surface area contributed by atoms with Crippen molar-refractivity contribution in [1.82, 2.24) is 9.97 Å². The van der Waals surface area contributed by atoms with Gasteiger partial charge in [-0.25, -0.2) is 4.39 Å². The van der Waals surface area contributed by atoms with E-state index in [1.165, 1.54) is 6.21 Å². The first-order chi connectivity index (χ1) is 14.7. The third-order valence-electron chi connectivity index (χ3n) is 4.67. The fourth-order valence-electron chi connectivity index (χ4n) is 3.20. The van der Waals surface area contributed by atoms with Crippen molar-refractivity contribution in [1.29, 1.82) is 0 Å².